The lowest BCUT2D eigenvalue weighted by molar-refractivity contribution is -0.0748. The second-order valence-electron chi connectivity index (χ2n) is 6.58. The van der Waals surface area contributed by atoms with Gasteiger partial charge in [0, 0.05) is 0 Å². The van der Waals surface area contributed by atoms with Gasteiger partial charge in [-0.25, -0.2) is 0 Å². The molecule has 0 aromatic heterocycles. The lowest BCUT2D eigenvalue weighted by Gasteiger charge is -2.33. The summed E-state index contributed by atoms with van der Waals surface area (Å²) < 4.78 is 12.2. The molecule has 1 saturated carbocycles. The van der Waals surface area contributed by atoms with Crippen molar-refractivity contribution < 1.29 is 14.6 Å². The van der Waals surface area contributed by atoms with Crippen LogP contribution in [0, 0.1) is 0 Å². The van der Waals surface area contributed by atoms with Crippen LogP contribution in [0.1, 0.15) is 63.5 Å². The van der Waals surface area contributed by atoms with Crippen LogP contribution in [-0.2, 0) is 4.74 Å². The molecule has 1 aliphatic carbocycles. The predicted molar refractivity (Wildman–Crippen MR) is 82.5 cm³/mol. The number of rotatable bonds is 4. The number of hydrogen-bond acceptors (Lipinski definition) is 3. The van der Waals surface area contributed by atoms with Crippen molar-refractivity contribution >= 4 is 0 Å². The fraction of sp³-hybridized carbons (Fsp3) is 0.667. The summed E-state index contributed by atoms with van der Waals surface area (Å²) in [5, 5.41) is 9.61. The second kappa shape index (κ2) is 6.37. The molecule has 2 fully saturated rings. The molecule has 1 spiro atoms. The van der Waals surface area contributed by atoms with Gasteiger partial charge in [0.05, 0.1) is 17.8 Å². The highest BCUT2D eigenvalue weighted by molar-refractivity contribution is 5.29. The van der Waals surface area contributed by atoms with E-state index in [-0.39, 0.29) is 11.7 Å². The summed E-state index contributed by atoms with van der Waals surface area (Å²) >= 11 is 0. The lowest BCUT2D eigenvalue weighted by atomic mass is 9.83. The summed E-state index contributed by atoms with van der Waals surface area (Å²) in [7, 11) is 0. The van der Waals surface area contributed by atoms with Crippen LogP contribution in [-0.4, -0.2) is 23.4 Å². The molecule has 0 bridgehead atoms. The number of ether oxygens (including phenoxy) is 2. The summed E-state index contributed by atoms with van der Waals surface area (Å²) in [6.07, 6.45) is 8.49. The van der Waals surface area contributed by atoms with Gasteiger partial charge in [0.15, 0.2) is 0 Å². The maximum absolute atomic E-state index is 9.61. The Hall–Kier alpha value is -1.06. The molecule has 3 nitrogen and oxygen atoms in total. The predicted octanol–water partition coefficient (Wildman–Crippen LogP) is 4.00. The Balaban J connectivity index is 1.53. The van der Waals surface area contributed by atoms with Crippen LogP contribution in [0.4, 0.5) is 0 Å². The van der Waals surface area contributed by atoms with Gasteiger partial charge in [-0.1, -0.05) is 31.4 Å². The molecule has 1 saturated heterocycles. The maximum Gasteiger partial charge on any atom is 0.119 e. The van der Waals surface area contributed by atoms with Crippen LogP contribution in [0.15, 0.2) is 24.3 Å². The normalized spacial score (nSPS) is 25.9. The topological polar surface area (TPSA) is 38.7 Å². The van der Waals surface area contributed by atoms with Crippen molar-refractivity contribution in [1.82, 2.24) is 0 Å². The Morgan fingerprint density at radius 2 is 2.10 bits per heavy atom. The van der Waals surface area contributed by atoms with Crippen molar-refractivity contribution in [3.8, 4) is 5.75 Å². The molecule has 3 rings (SSSR count). The first kappa shape index (κ1) is 14.9. The Morgan fingerprint density at radius 1 is 1.29 bits per heavy atom. The second-order valence-corrected chi connectivity index (χ2v) is 6.58. The van der Waals surface area contributed by atoms with E-state index in [1.165, 1.54) is 38.5 Å². The molecule has 0 radical (unpaired) electrons. The molecule has 0 amide bonds. The van der Waals surface area contributed by atoms with Crippen molar-refractivity contribution in [1.29, 1.82) is 0 Å². The summed E-state index contributed by atoms with van der Waals surface area (Å²) in [5.41, 5.74) is 1.05. The standard InChI is InChI=1S/C18H26O3/c1-14(19)15-6-5-7-16(12-15)20-13-17-8-11-18(21-17)9-3-2-4-10-18/h5-7,12,14,17,19H,2-4,8-11,13H2,1H3/t14-,17?/m1/s1. The largest absolute Gasteiger partial charge is 0.491 e. The van der Waals surface area contributed by atoms with Gasteiger partial charge in [0.2, 0.25) is 0 Å². The Morgan fingerprint density at radius 3 is 2.86 bits per heavy atom. The van der Waals surface area contributed by atoms with E-state index < -0.39 is 6.10 Å². The molecular weight excluding hydrogens is 264 g/mol. The molecule has 1 unspecified atom stereocenters. The van der Waals surface area contributed by atoms with E-state index in [0.29, 0.717) is 6.61 Å². The van der Waals surface area contributed by atoms with E-state index in [2.05, 4.69) is 0 Å². The van der Waals surface area contributed by atoms with Gasteiger partial charge in [-0.2, -0.15) is 0 Å². The molecule has 2 atom stereocenters. The molecule has 2 aliphatic rings. The average Bonchev–Trinajstić information content (AvgIpc) is 2.89. The smallest absolute Gasteiger partial charge is 0.119 e. The highest BCUT2D eigenvalue weighted by atomic mass is 16.6. The maximum atomic E-state index is 9.61. The fourth-order valence-corrected chi connectivity index (χ4v) is 3.63. The summed E-state index contributed by atoms with van der Waals surface area (Å²) in [6.45, 7) is 2.39. The summed E-state index contributed by atoms with van der Waals surface area (Å²) in [5.74, 6) is 0.821. The van der Waals surface area contributed by atoms with Crippen molar-refractivity contribution in [2.75, 3.05) is 6.61 Å². The van der Waals surface area contributed by atoms with Crippen LogP contribution in [0.3, 0.4) is 0 Å². The number of hydrogen-bond donors (Lipinski definition) is 1. The third-order valence-corrected chi connectivity index (χ3v) is 4.88. The molecule has 1 heterocycles. The number of aliphatic hydroxyl groups excluding tert-OH is 1. The molecule has 1 aliphatic heterocycles. The van der Waals surface area contributed by atoms with Gasteiger partial charge in [-0.3, -0.25) is 0 Å². The van der Waals surface area contributed by atoms with Crippen molar-refractivity contribution in [3.05, 3.63) is 29.8 Å². The summed E-state index contributed by atoms with van der Waals surface area (Å²) in [4.78, 5) is 0. The molecule has 1 aromatic carbocycles. The quantitative estimate of drug-likeness (QED) is 0.911. The van der Waals surface area contributed by atoms with Gasteiger partial charge in [-0.15, -0.1) is 0 Å². The van der Waals surface area contributed by atoms with Gasteiger partial charge in [0.25, 0.3) is 0 Å². The Labute approximate surface area is 127 Å². The van der Waals surface area contributed by atoms with Gasteiger partial charge in [-0.05, 0) is 50.3 Å². The van der Waals surface area contributed by atoms with Crippen molar-refractivity contribution in [2.24, 2.45) is 0 Å². The average molecular weight is 290 g/mol. The third kappa shape index (κ3) is 3.58. The zero-order valence-corrected chi connectivity index (χ0v) is 12.9. The van der Waals surface area contributed by atoms with E-state index in [4.69, 9.17) is 9.47 Å². The first-order chi connectivity index (χ1) is 10.2. The highest BCUT2D eigenvalue weighted by Gasteiger charge is 2.40. The molecule has 21 heavy (non-hydrogen) atoms. The molecular formula is C18H26O3. The van der Waals surface area contributed by atoms with Crippen LogP contribution in [0.5, 0.6) is 5.75 Å². The minimum Gasteiger partial charge on any atom is -0.491 e. The first-order valence-electron chi connectivity index (χ1n) is 8.26. The highest BCUT2D eigenvalue weighted by Crippen LogP contribution is 2.41. The van der Waals surface area contributed by atoms with E-state index in [1.807, 2.05) is 24.3 Å². The van der Waals surface area contributed by atoms with E-state index in [0.717, 1.165) is 17.7 Å². The zero-order valence-electron chi connectivity index (χ0n) is 12.9. The first-order valence-corrected chi connectivity index (χ1v) is 8.26. The Bertz CT molecular complexity index is 463. The Kier molecular flexibility index (Phi) is 4.51. The van der Waals surface area contributed by atoms with Gasteiger partial charge < -0.3 is 14.6 Å². The summed E-state index contributed by atoms with van der Waals surface area (Å²) in [6, 6.07) is 7.70. The molecule has 3 heteroatoms. The number of aliphatic hydroxyl groups is 1. The minimum absolute atomic E-state index is 0.160. The van der Waals surface area contributed by atoms with Crippen molar-refractivity contribution in [3.63, 3.8) is 0 Å². The molecule has 1 N–H and O–H groups in total. The fourth-order valence-electron chi connectivity index (χ4n) is 3.63. The van der Waals surface area contributed by atoms with Crippen LogP contribution < -0.4 is 4.74 Å². The van der Waals surface area contributed by atoms with Crippen LogP contribution in [0.2, 0.25) is 0 Å². The van der Waals surface area contributed by atoms with Crippen LogP contribution >= 0.6 is 0 Å². The van der Waals surface area contributed by atoms with E-state index in [1.54, 1.807) is 6.92 Å². The zero-order chi connectivity index (χ0) is 14.7. The van der Waals surface area contributed by atoms with E-state index >= 15 is 0 Å². The van der Waals surface area contributed by atoms with Gasteiger partial charge >= 0.3 is 0 Å². The minimum atomic E-state index is -0.457. The van der Waals surface area contributed by atoms with Crippen LogP contribution in [0.25, 0.3) is 0 Å². The van der Waals surface area contributed by atoms with E-state index in [9.17, 15) is 5.11 Å². The van der Waals surface area contributed by atoms with Crippen molar-refractivity contribution in [2.45, 2.75) is 69.7 Å². The lowest BCUT2D eigenvalue weighted by Crippen LogP contribution is -2.32. The number of benzene rings is 1. The SMILES string of the molecule is C[C@@H](O)c1cccc(OCC2CCC3(CCCCC3)O2)c1. The molecule has 1 aromatic rings. The monoisotopic (exact) mass is 290 g/mol. The van der Waals surface area contributed by atoms with Gasteiger partial charge in [0.1, 0.15) is 12.4 Å². The third-order valence-electron chi connectivity index (χ3n) is 4.88. The molecule has 116 valence electrons.